The molecule has 0 bridgehead atoms. The van der Waals surface area contributed by atoms with Crippen molar-refractivity contribution in [3.63, 3.8) is 0 Å². The Labute approximate surface area is 224 Å². The van der Waals surface area contributed by atoms with Gasteiger partial charge in [-0.1, -0.05) is 60.1 Å². The average molecular weight is 533 g/mol. The van der Waals surface area contributed by atoms with E-state index in [0.717, 1.165) is 11.1 Å². The van der Waals surface area contributed by atoms with Crippen LogP contribution in [0.1, 0.15) is 29.5 Å². The quantitative estimate of drug-likeness (QED) is 0.390. The maximum atomic E-state index is 13.0. The number of nitrogens with zero attached hydrogens (tertiary/aromatic N) is 1. The van der Waals surface area contributed by atoms with Gasteiger partial charge in [0, 0.05) is 25.8 Å². The summed E-state index contributed by atoms with van der Waals surface area (Å²) < 4.78 is 31.3. The van der Waals surface area contributed by atoms with E-state index in [1.807, 2.05) is 56.4 Å². The van der Waals surface area contributed by atoms with Crippen LogP contribution in [-0.4, -0.2) is 52.1 Å². The van der Waals surface area contributed by atoms with E-state index in [2.05, 4.69) is 16.7 Å². The highest BCUT2D eigenvalue weighted by Crippen LogP contribution is 2.35. The first-order valence-corrected chi connectivity index (χ1v) is 14.2. The first-order chi connectivity index (χ1) is 18.2. The van der Waals surface area contributed by atoms with Gasteiger partial charge in [0.05, 0.1) is 10.1 Å². The van der Waals surface area contributed by atoms with E-state index in [9.17, 15) is 18.0 Å². The molecule has 0 aliphatic heterocycles. The third kappa shape index (κ3) is 7.38. The predicted octanol–water partition coefficient (Wildman–Crippen LogP) is 3.01. The molecule has 3 aromatic rings. The van der Waals surface area contributed by atoms with Crippen molar-refractivity contribution < 1.29 is 22.7 Å². The molecule has 198 valence electrons. The summed E-state index contributed by atoms with van der Waals surface area (Å²) in [5, 5.41) is 5.07. The Morgan fingerprint density at radius 3 is 2.45 bits per heavy atom. The summed E-state index contributed by atoms with van der Waals surface area (Å²) in [7, 11) is 0.222. The van der Waals surface area contributed by atoms with E-state index in [4.69, 9.17) is 4.74 Å². The molecule has 4 rings (SSSR count). The largest absolute Gasteiger partial charge is 0.445 e. The number of hydrogen-bond donors (Lipinski definition) is 2. The fraction of sp³-hybridized carbons (Fsp3) is 0.286. The van der Waals surface area contributed by atoms with E-state index in [0.29, 0.717) is 37.1 Å². The van der Waals surface area contributed by atoms with Crippen molar-refractivity contribution in [2.45, 2.75) is 42.6 Å². The van der Waals surface area contributed by atoms with Crippen molar-refractivity contribution in [3.05, 3.63) is 89.5 Å². The third-order valence-corrected chi connectivity index (χ3v) is 8.74. The fourth-order valence-electron chi connectivity index (χ4n) is 4.06. The summed E-state index contributed by atoms with van der Waals surface area (Å²) in [5.41, 5.74) is 4.00. The van der Waals surface area contributed by atoms with Crippen molar-refractivity contribution in [3.8, 4) is 0 Å². The molecule has 0 atom stereocenters. The number of likely N-dealkylation sites (N-methyl/N-ethyl adjacent to an activating group) is 1. The summed E-state index contributed by atoms with van der Waals surface area (Å²) in [6.45, 7) is 0.567. The van der Waals surface area contributed by atoms with E-state index < -0.39 is 21.2 Å². The molecule has 8 nitrogen and oxygen atoms in total. The highest BCUT2D eigenvalue weighted by Gasteiger charge is 2.38. The second-order valence-electron chi connectivity index (χ2n) is 9.57. The minimum Gasteiger partial charge on any atom is -0.445 e. The van der Waals surface area contributed by atoms with Gasteiger partial charge in [-0.15, -0.1) is 0 Å². The molecule has 0 aromatic heterocycles. The Hall–Kier alpha value is -3.79. The number of urea groups is 1. The van der Waals surface area contributed by atoms with Crippen LogP contribution in [0.5, 0.6) is 0 Å². The van der Waals surface area contributed by atoms with Gasteiger partial charge in [-0.25, -0.2) is 18.0 Å². The van der Waals surface area contributed by atoms with Crippen LogP contribution < -0.4 is 16.1 Å². The molecule has 1 aliphatic carbocycles. The van der Waals surface area contributed by atoms with E-state index in [1.54, 1.807) is 24.1 Å². The highest BCUT2D eigenvalue weighted by molar-refractivity contribution is 7.92. The first-order valence-electron chi connectivity index (χ1n) is 12.6. The normalized spacial score (nSPS) is 13.0. The molecule has 1 aliphatic rings. The Morgan fingerprint density at radius 1 is 1.00 bits per heavy atom. The first kappa shape index (κ1) is 27.3. The van der Waals surface area contributed by atoms with Crippen LogP contribution in [0.3, 0.4) is 0 Å². The number of carbonyl (C=O) groups is 2. The van der Waals surface area contributed by atoms with Crippen molar-refractivity contribution in [1.82, 2.24) is 10.2 Å². The van der Waals surface area contributed by atoms with Gasteiger partial charge in [-0.3, -0.25) is 0 Å². The number of carbonyl (C=O) groups excluding carboxylic acids is 2. The average Bonchev–Trinajstić information content (AvgIpc) is 3.76. The molecule has 2 N–H and O–H groups in total. The molecule has 0 radical (unpaired) electrons. The highest BCUT2D eigenvalue weighted by atomic mass is 32.2. The van der Waals surface area contributed by atoms with Crippen LogP contribution in [0, 0.1) is 0 Å². The molecular weight excluding hydrogens is 501 g/mol. The number of alkyl carbamates (subject to hydrolysis) is 1. The van der Waals surface area contributed by atoms with Crippen LogP contribution in [-0.2, 0) is 34.1 Å². The minimum atomic E-state index is -3.52. The van der Waals surface area contributed by atoms with E-state index in [-0.39, 0.29) is 24.1 Å². The number of benzene rings is 3. The second kappa shape index (κ2) is 12.2. The Bertz CT molecular complexity index is 1390. The van der Waals surface area contributed by atoms with Crippen molar-refractivity contribution in [1.29, 1.82) is 0 Å². The number of amides is 3. The molecule has 0 heterocycles. The van der Waals surface area contributed by atoms with Gasteiger partial charge in [-0.2, -0.15) is 0 Å². The zero-order chi connectivity index (χ0) is 27.1. The molecule has 0 spiro atoms. The number of sulfone groups is 1. The van der Waals surface area contributed by atoms with Gasteiger partial charge in [-0.05, 0) is 54.2 Å². The summed E-state index contributed by atoms with van der Waals surface area (Å²) in [6, 6.07) is 21.8. The zero-order valence-corrected chi connectivity index (χ0v) is 22.5. The number of rotatable bonds is 10. The lowest BCUT2D eigenvalue weighted by Crippen LogP contribution is -2.33. The van der Waals surface area contributed by atoms with Crippen molar-refractivity contribution in [2.75, 3.05) is 18.9 Å². The number of nitrogens with one attached hydrogen (secondary N) is 2. The SMILES string of the molecule is Bc1cccc(CCN(C)C(=O)Nc2ccc(S(=O)(=O)C3CC3)c(CNC(=O)OCc3ccccc3)c2)c1. The van der Waals surface area contributed by atoms with Crippen LogP contribution in [0.25, 0.3) is 0 Å². The lowest BCUT2D eigenvalue weighted by molar-refractivity contribution is 0.139. The van der Waals surface area contributed by atoms with Crippen LogP contribution in [0.15, 0.2) is 77.7 Å². The van der Waals surface area contributed by atoms with E-state index >= 15 is 0 Å². The van der Waals surface area contributed by atoms with Crippen LogP contribution in [0.4, 0.5) is 15.3 Å². The van der Waals surface area contributed by atoms with Gasteiger partial charge in [0.2, 0.25) is 0 Å². The summed E-state index contributed by atoms with van der Waals surface area (Å²) >= 11 is 0. The van der Waals surface area contributed by atoms with Gasteiger partial charge in [0.25, 0.3) is 0 Å². The molecular formula is C28H32BN3O5S. The molecule has 1 saturated carbocycles. The topological polar surface area (TPSA) is 105 Å². The molecule has 3 aromatic carbocycles. The molecule has 10 heteroatoms. The smallest absolute Gasteiger partial charge is 0.407 e. The van der Waals surface area contributed by atoms with Crippen LogP contribution in [0.2, 0.25) is 0 Å². The summed E-state index contributed by atoms with van der Waals surface area (Å²) in [5.74, 6) is 0. The molecule has 0 unspecified atom stereocenters. The lowest BCUT2D eigenvalue weighted by Gasteiger charge is -2.19. The van der Waals surface area contributed by atoms with Gasteiger partial charge < -0.3 is 20.3 Å². The Balaban J connectivity index is 1.41. The number of hydrogen-bond acceptors (Lipinski definition) is 5. The minimum absolute atomic E-state index is 0.0538. The van der Waals surface area contributed by atoms with Gasteiger partial charge in [0.1, 0.15) is 14.5 Å². The maximum absolute atomic E-state index is 13.0. The summed E-state index contributed by atoms with van der Waals surface area (Å²) in [4.78, 5) is 26.8. The number of ether oxygens (including phenoxy) is 1. The second-order valence-corrected chi connectivity index (χ2v) is 11.8. The standard InChI is InChI=1S/C28H32BN3O5S/c1-32(15-14-20-8-5-9-23(29)16-20)27(33)31-24-10-13-26(38(35,36)25-11-12-25)22(17-24)18-30-28(34)37-19-21-6-3-2-4-7-21/h2-10,13,16-17,25H,11-12,14-15,18-19,29H2,1H3,(H,30,34)(H,31,33). The van der Waals surface area contributed by atoms with Crippen molar-refractivity contribution in [2.24, 2.45) is 0 Å². The van der Waals surface area contributed by atoms with Crippen molar-refractivity contribution >= 4 is 41.0 Å². The Morgan fingerprint density at radius 2 is 1.74 bits per heavy atom. The Kier molecular flexibility index (Phi) is 8.73. The zero-order valence-electron chi connectivity index (χ0n) is 21.6. The third-order valence-electron chi connectivity index (χ3n) is 6.38. The van der Waals surface area contributed by atoms with Gasteiger partial charge in [0.15, 0.2) is 9.84 Å². The lowest BCUT2D eigenvalue weighted by atomic mass is 9.94. The van der Waals surface area contributed by atoms with E-state index in [1.165, 1.54) is 11.5 Å². The predicted molar refractivity (Wildman–Crippen MR) is 150 cm³/mol. The molecule has 3 amide bonds. The van der Waals surface area contributed by atoms with Gasteiger partial charge >= 0.3 is 12.1 Å². The summed E-state index contributed by atoms with van der Waals surface area (Å²) in [6.07, 6.45) is 1.30. The monoisotopic (exact) mass is 533 g/mol. The van der Waals surface area contributed by atoms with Crippen LogP contribution >= 0.6 is 0 Å². The molecule has 0 saturated heterocycles. The molecule has 1 fully saturated rings. The number of anilines is 1. The maximum Gasteiger partial charge on any atom is 0.407 e. The fourth-order valence-corrected chi connectivity index (χ4v) is 5.93. The molecule has 38 heavy (non-hydrogen) atoms.